The van der Waals surface area contributed by atoms with Crippen molar-refractivity contribution in [1.82, 2.24) is 10.6 Å². The van der Waals surface area contributed by atoms with E-state index in [2.05, 4.69) is 17.6 Å². The zero-order chi connectivity index (χ0) is 8.97. The number of carbonyl (C=O) groups is 1. The second-order valence-electron chi connectivity index (χ2n) is 3.09. The average Bonchev–Trinajstić information content (AvgIpc) is 2.56. The van der Waals surface area contributed by atoms with E-state index in [0.717, 1.165) is 18.1 Å². The lowest BCUT2D eigenvalue weighted by Crippen LogP contribution is -2.45. The van der Waals surface area contributed by atoms with E-state index in [-0.39, 0.29) is 11.9 Å². The Bertz CT molecular complexity index is 157. The quantitative estimate of drug-likeness (QED) is 0.680. The van der Waals surface area contributed by atoms with Crippen LogP contribution >= 0.6 is 11.8 Å². The summed E-state index contributed by atoms with van der Waals surface area (Å²) in [6, 6.07) is 0.328. The van der Waals surface area contributed by atoms with Crippen molar-refractivity contribution < 1.29 is 4.79 Å². The van der Waals surface area contributed by atoms with Crippen molar-refractivity contribution in [2.24, 2.45) is 0 Å². The number of hydrogen-bond acceptors (Lipinski definition) is 3. The molecular weight excluding hydrogens is 172 g/mol. The molecule has 2 atom stereocenters. The van der Waals surface area contributed by atoms with Crippen LogP contribution in [0.3, 0.4) is 0 Å². The Morgan fingerprint density at radius 1 is 1.83 bits per heavy atom. The van der Waals surface area contributed by atoms with E-state index in [1.54, 1.807) is 11.8 Å². The first-order valence-corrected chi connectivity index (χ1v) is 5.51. The summed E-state index contributed by atoms with van der Waals surface area (Å²) in [5.41, 5.74) is 0. The molecule has 1 fully saturated rings. The number of carbonyl (C=O) groups excluding carboxylic acids is 1. The SMILES string of the molecule is CCC(C)NC(=O)C1CSCN1. The van der Waals surface area contributed by atoms with Gasteiger partial charge in [-0.3, -0.25) is 10.1 Å². The first-order chi connectivity index (χ1) is 5.74. The second-order valence-corrected chi connectivity index (χ2v) is 4.12. The summed E-state index contributed by atoms with van der Waals surface area (Å²) in [4.78, 5) is 11.4. The van der Waals surface area contributed by atoms with E-state index >= 15 is 0 Å². The molecule has 0 aromatic rings. The minimum atomic E-state index is 0.0315. The van der Waals surface area contributed by atoms with Crippen LogP contribution in [0.1, 0.15) is 20.3 Å². The van der Waals surface area contributed by atoms with Crippen molar-refractivity contribution in [1.29, 1.82) is 0 Å². The zero-order valence-corrected chi connectivity index (χ0v) is 8.41. The number of rotatable bonds is 3. The van der Waals surface area contributed by atoms with Gasteiger partial charge in [0, 0.05) is 17.7 Å². The highest BCUT2D eigenvalue weighted by Crippen LogP contribution is 2.09. The van der Waals surface area contributed by atoms with Crippen LogP contribution in [0.15, 0.2) is 0 Å². The minimum absolute atomic E-state index is 0.0315. The van der Waals surface area contributed by atoms with Gasteiger partial charge in [0.25, 0.3) is 0 Å². The summed E-state index contributed by atoms with van der Waals surface area (Å²) in [5.74, 6) is 1.95. The van der Waals surface area contributed by atoms with Gasteiger partial charge in [-0.2, -0.15) is 0 Å². The molecule has 0 aliphatic carbocycles. The third-order valence-electron chi connectivity index (χ3n) is 2.03. The molecule has 1 aliphatic heterocycles. The highest BCUT2D eigenvalue weighted by molar-refractivity contribution is 7.99. The van der Waals surface area contributed by atoms with Crippen molar-refractivity contribution in [3.8, 4) is 0 Å². The predicted octanol–water partition coefficient (Wildman–Crippen LogP) is 0.564. The summed E-state index contributed by atoms with van der Waals surface area (Å²) < 4.78 is 0. The molecule has 1 rings (SSSR count). The Labute approximate surface area is 77.7 Å². The molecule has 12 heavy (non-hydrogen) atoms. The maximum Gasteiger partial charge on any atom is 0.238 e. The van der Waals surface area contributed by atoms with E-state index in [0.29, 0.717) is 6.04 Å². The van der Waals surface area contributed by atoms with Gasteiger partial charge < -0.3 is 5.32 Å². The molecule has 0 aromatic heterocycles. The summed E-state index contributed by atoms with van der Waals surface area (Å²) >= 11 is 1.77. The highest BCUT2D eigenvalue weighted by Gasteiger charge is 2.22. The standard InChI is InChI=1S/C8H16N2OS/c1-3-6(2)10-8(11)7-4-12-5-9-7/h6-7,9H,3-5H2,1-2H3,(H,10,11). The Morgan fingerprint density at radius 2 is 2.58 bits per heavy atom. The lowest BCUT2D eigenvalue weighted by atomic mass is 10.2. The Balaban J connectivity index is 2.27. The van der Waals surface area contributed by atoms with Gasteiger partial charge in [0.05, 0.1) is 6.04 Å². The van der Waals surface area contributed by atoms with Gasteiger partial charge in [-0.05, 0) is 13.3 Å². The smallest absolute Gasteiger partial charge is 0.238 e. The van der Waals surface area contributed by atoms with E-state index in [4.69, 9.17) is 0 Å². The van der Waals surface area contributed by atoms with E-state index in [9.17, 15) is 4.79 Å². The molecule has 1 amide bonds. The molecule has 2 unspecified atom stereocenters. The third-order valence-corrected chi connectivity index (χ3v) is 2.97. The van der Waals surface area contributed by atoms with E-state index in [1.807, 2.05) is 6.92 Å². The fourth-order valence-corrected chi connectivity index (χ4v) is 1.95. The van der Waals surface area contributed by atoms with Gasteiger partial charge in [-0.15, -0.1) is 11.8 Å². The number of nitrogens with one attached hydrogen (secondary N) is 2. The number of amides is 1. The first kappa shape index (κ1) is 9.86. The lowest BCUT2D eigenvalue weighted by molar-refractivity contribution is -0.123. The van der Waals surface area contributed by atoms with Crippen LogP contribution in [-0.4, -0.2) is 29.6 Å². The third kappa shape index (κ3) is 2.68. The second kappa shape index (κ2) is 4.72. The molecule has 0 saturated carbocycles. The van der Waals surface area contributed by atoms with E-state index < -0.39 is 0 Å². The molecule has 0 bridgehead atoms. The zero-order valence-electron chi connectivity index (χ0n) is 7.59. The fraction of sp³-hybridized carbons (Fsp3) is 0.875. The summed E-state index contributed by atoms with van der Waals surface area (Å²) in [5, 5.41) is 6.09. The Kier molecular flexibility index (Phi) is 3.88. The molecule has 0 spiro atoms. The van der Waals surface area contributed by atoms with Crippen molar-refractivity contribution in [3.05, 3.63) is 0 Å². The molecule has 4 heteroatoms. The van der Waals surface area contributed by atoms with Crippen molar-refractivity contribution in [2.45, 2.75) is 32.4 Å². The molecule has 1 saturated heterocycles. The van der Waals surface area contributed by atoms with Crippen LogP contribution in [0.5, 0.6) is 0 Å². The molecule has 1 aliphatic rings. The topological polar surface area (TPSA) is 41.1 Å². The van der Waals surface area contributed by atoms with Crippen LogP contribution in [0, 0.1) is 0 Å². The van der Waals surface area contributed by atoms with Gasteiger partial charge in [-0.25, -0.2) is 0 Å². The number of thioether (sulfide) groups is 1. The maximum absolute atomic E-state index is 11.4. The van der Waals surface area contributed by atoms with Gasteiger partial charge in [0.1, 0.15) is 0 Å². The lowest BCUT2D eigenvalue weighted by Gasteiger charge is -2.14. The first-order valence-electron chi connectivity index (χ1n) is 4.35. The minimum Gasteiger partial charge on any atom is -0.352 e. The Morgan fingerprint density at radius 3 is 3.08 bits per heavy atom. The van der Waals surface area contributed by atoms with Gasteiger partial charge in [0.2, 0.25) is 5.91 Å². The predicted molar refractivity (Wildman–Crippen MR) is 52.1 cm³/mol. The monoisotopic (exact) mass is 188 g/mol. The summed E-state index contributed by atoms with van der Waals surface area (Å²) in [6.45, 7) is 4.10. The molecule has 3 nitrogen and oxygen atoms in total. The van der Waals surface area contributed by atoms with Crippen LogP contribution in [0.4, 0.5) is 0 Å². The molecular formula is C8H16N2OS. The molecule has 0 aromatic carbocycles. The molecule has 2 N–H and O–H groups in total. The Hall–Kier alpha value is -0.220. The fourth-order valence-electron chi connectivity index (χ4n) is 1.01. The summed E-state index contributed by atoms with van der Waals surface area (Å²) in [7, 11) is 0. The highest BCUT2D eigenvalue weighted by atomic mass is 32.2. The normalized spacial score (nSPS) is 25.3. The van der Waals surface area contributed by atoms with Crippen molar-refractivity contribution >= 4 is 17.7 Å². The van der Waals surface area contributed by atoms with Gasteiger partial charge in [-0.1, -0.05) is 6.92 Å². The molecule has 1 heterocycles. The van der Waals surface area contributed by atoms with Gasteiger partial charge in [0.15, 0.2) is 0 Å². The van der Waals surface area contributed by atoms with Crippen LogP contribution in [0.25, 0.3) is 0 Å². The molecule has 0 radical (unpaired) electrons. The van der Waals surface area contributed by atoms with Crippen molar-refractivity contribution in [3.63, 3.8) is 0 Å². The maximum atomic E-state index is 11.4. The van der Waals surface area contributed by atoms with Gasteiger partial charge >= 0.3 is 0 Å². The van der Waals surface area contributed by atoms with Crippen LogP contribution in [0.2, 0.25) is 0 Å². The number of hydrogen-bond donors (Lipinski definition) is 2. The largest absolute Gasteiger partial charge is 0.352 e. The van der Waals surface area contributed by atoms with Crippen molar-refractivity contribution in [2.75, 3.05) is 11.6 Å². The van der Waals surface area contributed by atoms with Crippen LogP contribution < -0.4 is 10.6 Å². The van der Waals surface area contributed by atoms with Crippen LogP contribution in [-0.2, 0) is 4.79 Å². The summed E-state index contributed by atoms with van der Waals surface area (Å²) in [6.07, 6.45) is 0.992. The van der Waals surface area contributed by atoms with E-state index in [1.165, 1.54) is 0 Å². The molecule has 70 valence electrons. The average molecular weight is 188 g/mol.